The van der Waals surface area contributed by atoms with E-state index in [1.54, 1.807) is 0 Å². The quantitative estimate of drug-likeness (QED) is 0.339. The minimum absolute atomic E-state index is 0.108. The van der Waals surface area contributed by atoms with Crippen LogP contribution in [-0.4, -0.2) is 25.0 Å². The van der Waals surface area contributed by atoms with E-state index in [0.717, 1.165) is 0 Å². The molecule has 0 aliphatic rings. The largest absolute Gasteiger partial charge is 0.409 e. The summed E-state index contributed by atoms with van der Waals surface area (Å²) in [6.07, 6.45) is 0. The van der Waals surface area contributed by atoms with E-state index in [9.17, 15) is 8.42 Å². The Morgan fingerprint density at radius 3 is 2.21 bits per heavy atom. The number of amidine groups is 1. The lowest BCUT2D eigenvalue weighted by Gasteiger charge is -2.24. The average molecular weight is 326 g/mol. The highest BCUT2D eigenvalue weighted by molar-refractivity contribution is 7.89. The highest BCUT2D eigenvalue weighted by atomic mass is 35.5. The van der Waals surface area contributed by atoms with Crippen molar-refractivity contribution in [3.63, 3.8) is 0 Å². The monoisotopic (exact) mass is 325 g/mol. The molecule has 6 nitrogen and oxygen atoms in total. The van der Waals surface area contributed by atoms with Gasteiger partial charge in [-0.2, -0.15) is 4.72 Å². The summed E-state index contributed by atoms with van der Waals surface area (Å²) in [6, 6.07) is 3.91. The summed E-state index contributed by atoms with van der Waals surface area (Å²) < 4.78 is 26.6. The molecular weight excluding hydrogens is 313 g/mol. The van der Waals surface area contributed by atoms with E-state index in [4.69, 9.17) is 34.1 Å². The molecule has 1 aromatic rings. The molecule has 0 amide bonds. The summed E-state index contributed by atoms with van der Waals surface area (Å²) in [5.41, 5.74) is 4.16. The molecule has 0 aromatic heterocycles. The summed E-state index contributed by atoms with van der Waals surface area (Å²) in [7, 11) is -3.91. The SMILES string of the molecule is CC(C)(NS(=O)(=O)c1cc(Cl)cc(Cl)c1)/C(N)=N/O. The van der Waals surface area contributed by atoms with Crippen LogP contribution < -0.4 is 10.5 Å². The van der Waals surface area contributed by atoms with Crippen LogP contribution in [0.1, 0.15) is 13.8 Å². The lowest BCUT2D eigenvalue weighted by atomic mass is 10.1. The molecule has 0 aliphatic carbocycles. The van der Waals surface area contributed by atoms with Gasteiger partial charge in [0, 0.05) is 10.0 Å². The van der Waals surface area contributed by atoms with Gasteiger partial charge in [-0.25, -0.2) is 8.42 Å². The van der Waals surface area contributed by atoms with E-state index in [2.05, 4.69) is 9.88 Å². The molecule has 0 radical (unpaired) electrons. The maximum Gasteiger partial charge on any atom is 0.241 e. The molecule has 0 spiro atoms. The van der Waals surface area contributed by atoms with Gasteiger partial charge in [0.25, 0.3) is 0 Å². The van der Waals surface area contributed by atoms with Gasteiger partial charge in [-0.15, -0.1) is 0 Å². The number of halogens is 2. The van der Waals surface area contributed by atoms with Crippen molar-refractivity contribution in [3.8, 4) is 0 Å². The van der Waals surface area contributed by atoms with Gasteiger partial charge in [0.2, 0.25) is 10.0 Å². The summed E-state index contributed by atoms with van der Waals surface area (Å²) in [5.74, 6) is -0.274. The molecule has 0 saturated heterocycles. The molecule has 106 valence electrons. The molecule has 0 unspecified atom stereocenters. The van der Waals surface area contributed by atoms with Crippen molar-refractivity contribution in [1.82, 2.24) is 4.72 Å². The summed E-state index contributed by atoms with van der Waals surface area (Å²) in [6.45, 7) is 2.90. The highest BCUT2D eigenvalue weighted by Gasteiger charge is 2.30. The first kappa shape index (κ1) is 16.0. The molecule has 0 bridgehead atoms. The lowest BCUT2D eigenvalue weighted by Crippen LogP contribution is -2.52. The van der Waals surface area contributed by atoms with Crippen LogP contribution >= 0.6 is 23.2 Å². The lowest BCUT2D eigenvalue weighted by molar-refractivity contribution is 0.312. The van der Waals surface area contributed by atoms with Crippen LogP contribution in [0.5, 0.6) is 0 Å². The number of hydrogen-bond acceptors (Lipinski definition) is 4. The third-order valence-electron chi connectivity index (χ3n) is 2.28. The van der Waals surface area contributed by atoms with Gasteiger partial charge in [0.1, 0.15) is 0 Å². The molecule has 19 heavy (non-hydrogen) atoms. The van der Waals surface area contributed by atoms with Crippen LogP contribution in [0.15, 0.2) is 28.3 Å². The normalized spacial score (nSPS) is 13.6. The first-order valence-electron chi connectivity index (χ1n) is 5.06. The Kier molecular flexibility index (Phi) is 4.67. The molecule has 0 saturated carbocycles. The third-order valence-corrected chi connectivity index (χ3v) is 4.36. The maximum absolute atomic E-state index is 12.2. The van der Waals surface area contributed by atoms with Gasteiger partial charge >= 0.3 is 0 Å². The summed E-state index contributed by atoms with van der Waals surface area (Å²) in [4.78, 5) is -0.108. The molecule has 9 heteroatoms. The summed E-state index contributed by atoms with van der Waals surface area (Å²) >= 11 is 11.5. The van der Waals surface area contributed by atoms with E-state index in [-0.39, 0.29) is 20.8 Å². The Labute approximate surface area is 121 Å². The summed E-state index contributed by atoms with van der Waals surface area (Å²) in [5, 5.41) is 11.8. The van der Waals surface area contributed by atoms with Gasteiger partial charge in [0.05, 0.1) is 10.4 Å². The Balaban J connectivity index is 3.19. The molecule has 0 fully saturated rings. The zero-order valence-electron chi connectivity index (χ0n) is 10.2. The first-order chi connectivity index (χ1) is 8.58. The van der Waals surface area contributed by atoms with Crippen molar-refractivity contribution in [3.05, 3.63) is 28.2 Å². The van der Waals surface area contributed by atoms with Crippen LogP contribution in [0.4, 0.5) is 0 Å². The topological polar surface area (TPSA) is 105 Å². The second kappa shape index (κ2) is 5.54. The zero-order chi connectivity index (χ0) is 14.8. The minimum Gasteiger partial charge on any atom is -0.409 e. The van der Waals surface area contributed by atoms with E-state index >= 15 is 0 Å². The van der Waals surface area contributed by atoms with Crippen molar-refractivity contribution >= 4 is 39.1 Å². The van der Waals surface area contributed by atoms with E-state index in [1.165, 1.54) is 32.0 Å². The molecule has 1 aromatic carbocycles. The highest BCUT2D eigenvalue weighted by Crippen LogP contribution is 2.23. The van der Waals surface area contributed by atoms with E-state index in [0.29, 0.717) is 0 Å². The number of nitrogens with zero attached hydrogens (tertiary/aromatic N) is 1. The van der Waals surface area contributed by atoms with Gasteiger partial charge in [-0.05, 0) is 32.0 Å². The number of rotatable bonds is 4. The van der Waals surface area contributed by atoms with Crippen molar-refractivity contribution in [2.24, 2.45) is 10.9 Å². The van der Waals surface area contributed by atoms with Crippen molar-refractivity contribution < 1.29 is 13.6 Å². The van der Waals surface area contributed by atoms with Crippen LogP contribution in [-0.2, 0) is 10.0 Å². The molecule has 0 atom stereocenters. The fourth-order valence-electron chi connectivity index (χ4n) is 1.26. The number of benzene rings is 1. The predicted molar refractivity (Wildman–Crippen MR) is 74.3 cm³/mol. The maximum atomic E-state index is 12.2. The number of sulfonamides is 1. The number of oxime groups is 1. The van der Waals surface area contributed by atoms with Gasteiger partial charge in [-0.1, -0.05) is 28.4 Å². The predicted octanol–water partition coefficient (Wildman–Crippen LogP) is 1.80. The molecule has 1 rings (SSSR count). The van der Waals surface area contributed by atoms with E-state index < -0.39 is 15.6 Å². The Hall–Kier alpha value is -1.02. The first-order valence-corrected chi connectivity index (χ1v) is 7.30. The van der Waals surface area contributed by atoms with Gasteiger partial charge in [0.15, 0.2) is 5.84 Å². The molecule has 4 N–H and O–H groups in total. The average Bonchev–Trinajstić information content (AvgIpc) is 2.25. The van der Waals surface area contributed by atoms with Gasteiger partial charge in [-0.3, -0.25) is 0 Å². The van der Waals surface area contributed by atoms with Crippen LogP contribution in [0, 0.1) is 0 Å². The minimum atomic E-state index is -3.91. The standard InChI is InChI=1S/C10H13Cl2N3O3S/c1-10(2,9(13)14-16)15-19(17,18)8-4-6(11)3-7(12)5-8/h3-5,15-16H,1-2H3,(H2,13,14). The Morgan fingerprint density at radius 1 is 1.32 bits per heavy atom. The number of nitrogens with two attached hydrogens (primary N) is 1. The van der Waals surface area contributed by atoms with Crippen molar-refractivity contribution in [2.75, 3.05) is 0 Å². The smallest absolute Gasteiger partial charge is 0.241 e. The van der Waals surface area contributed by atoms with Crippen molar-refractivity contribution in [2.45, 2.75) is 24.3 Å². The second-order valence-electron chi connectivity index (χ2n) is 4.32. The van der Waals surface area contributed by atoms with Crippen LogP contribution in [0.2, 0.25) is 10.0 Å². The van der Waals surface area contributed by atoms with Crippen molar-refractivity contribution in [1.29, 1.82) is 0 Å². The fraction of sp³-hybridized carbons (Fsp3) is 0.300. The second-order valence-corrected chi connectivity index (χ2v) is 6.88. The zero-order valence-corrected chi connectivity index (χ0v) is 12.5. The van der Waals surface area contributed by atoms with E-state index in [1.807, 2.05) is 0 Å². The van der Waals surface area contributed by atoms with Gasteiger partial charge < -0.3 is 10.9 Å². The molecule has 0 aliphatic heterocycles. The Bertz CT molecular complexity index is 594. The number of nitrogens with one attached hydrogen (secondary N) is 1. The van der Waals surface area contributed by atoms with Crippen LogP contribution in [0.25, 0.3) is 0 Å². The Morgan fingerprint density at radius 2 is 1.79 bits per heavy atom. The molecule has 0 heterocycles. The third kappa shape index (κ3) is 3.97. The fourth-order valence-corrected chi connectivity index (χ4v) is 3.37. The molecular formula is C10H13Cl2N3O3S. The van der Waals surface area contributed by atoms with Crippen LogP contribution in [0.3, 0.4) is 0 Å². The number of hydrogen-bond donors (Lipinski definition) is 3.